The first-order valence-corrected chi connectivity index (χ1v) is 6.99. The van der Waals surface area contributed by atoms with Crippen LogP contribution in [0.5, 0.6) is 0 Å². The third-order valence-corrected chi connectivity index (χ3v) is 4.38. The zero-order valence-corrected chi connectivity index (χ0v) is 10.8. The molecule has 0 radical (unpaired) electrons. The average Bonchev–Trinajstić information content (AvgIpc) is 2.74. The summed E-state index contributed by atoms with van der Waals surface area (Å²) < 4.78 is 32.3. The Kier molecular flexibility index (Phi) is 3.53. The Balaban J connectivity index is 2.30. The zero-order valence-electron chi connectivity index (χ0n) is 10.0. The first kappa shape index (κ1) is 13.2. The van der Waals surface area contributed by atoms with E-state index in [9.17, 15) is 8.42 Å². The van der Waals surface area contributed by atoms with Crippen LogP contribution in [0, 0.1) is 0 Å². The maximum atomic E-state index is 12.2. The van der Waals surface area contributed by atoms with Crippen molar-refractivity contribution in [3.63, 3.8) is 0 Å². The summed E-state index contributed by atoms with van der Waals surface area (Å²) in [5.41, 5.74) is 1.99. The van der Waals surface area contributed by atoms with Gasteiger partial charge in [0, 0.05) is 12.8 Å². The third-order valence-electron chi connectivity index (χ3n) is 2.78. The van der Waals surface area contributed by atoms with Gasteiger partial charge in [0.25, 0.3) is 10.0 Å². The number of sulfonamides is 1. The van der Waals surface area contributed by atoms with Crippen LogP contribution in [-0.2, 0) is 14.8 Å². The monoisotopic (exact) mass is 272 g/mol. The van der Waals surface area contributed by atoms with E-state index in [1.807, 2.05) is 0 Å². The van der Waals surface area contributed by atoms with Gasteiger partial charge in [-0.1, -0.05) is 0 Å². The number of hydrazine groups is 1. The lowest BCUT2D eigenvalue weighted by Gasteiger charge is -2.23. The van der Waals surface area contributed by atoms with Crippen LogP contribution in [-0.4, -0.2) is 32.2 Å². The van der Waals surface area contributed by atoms with Gasteiger partial charge in [-0.05, 0) is 25.5 Å². The zero-order chi connectivity index (χ0) is 13.2. The minimum atomic E-state index is -3.73. The summed E-state index contributed by atoms with van der Waals surface area (Å²) in [6.07, 6.45) is 2.04. The number of aromatic nitrogens is 1. The van der Waals surface area contributed by atoms with Crippen LogP contribution in [0.25, 0.3) is 0 Å². The molecular formula is C10H16N4O3S. The normalized spacial score (nSPS) is 24.1. The molecule has 100 valence electrons. The molecule has 0 saturated carbocycles. The van der Waals surface area contributed by atoms with Crippen molar-refractivity contribution in [2.45, 2.75) is 23.9 Å². The first-order chi connectivity index (χ1) is 8.47. The SMILES string of the molecule is CC1(NS(=O)(=O)c2ncccc2NN)CCOC1. The number of anilines is 1. The van der Waals surface area contributed by atoms with Crippen LogP contribution in [0.2, 0.25) is 0 Å². The highest BCUT2D eigenvalue weighted by molar-refractivity contribution is 7.89. The molecule has 1 aliphatic heterocycles. The molecule has 8 heteroatoms. The van der Waals surface area contributed by atoms with Crippen LogP contribution in [0.4, 0.5) is 5.69 Å². The van der Waals surface area contributed by atoms with Crippen LogP contribution < -0.4 is 16.0 Å². The molecule has 2 heterocycles. The van der Waals surface area contributed by atoms with Gasteiger partial charge in [0.1, 0.15) is 0 Å². The number of ether oxygens (including phenoxy) is 1. The molecule has 2 rings (SSSR count). The van der Waals surface area contributed by atoms with Crippen LogP contribution in [0.3, 0.4) is 0 Å². The van der Waals surface area contributed by atoms with Crippen molar-refractivity contribution < 1.29 is 13.2 Å². The summed E-state index contributed by atoms with van der Waals surface area (Å²) in [7, 11) is -3.73. The molecule has 4 N–H and O–H groups in total. The Morgan fingerprint density at radius 1 is 1.56 bits per heavy atom. The van der Waals surface area contributed by atoms with E-state index in [4.69, 9.17) is 10.6 Å². The number of nitrogens with two attached hydrogens (primary N) is 1. The Bertz CT molecular complexity index is 526. The van der Waals surface area contributed by atoms with Crippen LogP contribution in [0.15, 0.2) is 23.4 Å². The molecule has 1 atom stereocenters. The van der Waals surface area contributed by atoms with Crippen molar-refractivity contribution in [1.29, 1.82) is 0 Å². The van der Waals surface area contributed by atoms with Crippen LogP contribution in [0.1, 0.15) is 13.3 Å². The molecule has 1 aliphatic rings. The highest BCUT2D eigenvalue weighted by Gasteiger charge is 2.35. The van der Waals surface area contributed by atoms with Gasteiger partial charge in [0.05, 0.1) is 17.8 Å². The predicted molar refractivity (Wildman–Crippen MR) is 66.2 cm³/mol. The third kappa shape index (κ3) is 2.61. The van der Waals surface area contributed by atoms with E-state index in [0.717, 1.165) is 0 Å². The predicted octanol–water partition coefficient (Wildman–Crippen LogP) is -0.176. The van der Waals surface area contributed by atoms with E-state index in [2.05, 4.69) is 15.1 Å². The Labute approximate surface area is 106 Å². The van der Waals surface area contributed by atoms with E-state index in [1.54, 1.807) is 19.1 Å². The van der Waals surface area contributed by atoms with E-state index < -0.39 is 15.6 Å². The van der Waals surface area contributed by atoms with Gasteiger partial charge in [0.2, 0.25) is 0 Å². The molecule has 0 spiro atoms. The van der Waals surface area contributed by atoms with E-state index in [-0.39, 0.29) is 10.7 Å². The lowest BCUT2D eigenvalue weighted by molar-refractivity contribution is 0.178. The molecule has 18 heavy (non-hydrogen) atoms. The molecule has 0 aromatic carbocycles. The fourth-order valence-electron chi connectivity index (χ4n) is 1.84. The number of nitrogen functional groups attached to an aromatic ring is 1. The van der Waals surface area contributed by atoms with E-state index in [1.165, 1.54) is 6.20 Å². The lowest BCUT2D eigenvalue weighted by Crippen LogP contribution is -2.46. The molecule has 0 bridgehead atoms. The number of hydrogen-bond acceptors (Lipinski definition) is 6. The second-order valence-corrected chi connectivity index (χ2v) is 6.07. The minimum Gasteiger partial charge on any atom is -0.379 e. The molecule has 7 nitrogen and oxygen atoms in total. The van der Waals surface area contributed by atoms with Crippen molar-refractivity contribution in [2.24, 2.45) is 5.84 Å². The van der Waals surface area contributed by atoms with E-state index in [0.29, 0.717) is 19.6 Å². The van der Waals surface area contributed by atoms with Crippen molar-refractivity contribution in [2.75, 3.05) is 18.6 Å². The molecule has 0 aliphatic carbocycles. The van der Waals surface area contributed by atoms with Gasteiger partial charge in [0.15, 0.2) is 5.03 Å². The molecular weight excluding hydrogens is 256 g/mol. The average molecular weight is 272 g/mol. The fraction of sp³-hybridized carbons (Fsp3) is 0.500. The summed E-state index contributed by atoms with van der Waals surface area (Å²) in [6.45, 7) is 2.70. The van der Waals surface area contributed by atoms with Crippen molar-refractivity contribution >= 4 is 15.7 Å². The van der Waals surface area contributed by atoms with Crippen molar-refractivity contribution in [3.05, 3.63) is 18.3 Å². The van der Waals surface area contributed by atoms with Gasteiger partial charge in [-0.15, -0.1) is 0 Å². The molecule has 0 amide bonds. The molecule has 1 fully saturated rings. The second-order valence-electron chi connectivity index (χ2n) is 4.47. The number of pyridine rings is 1. The molecule has 1 unspecified atom stereocenters. The Hall–Kier alpha value is -1.22. The van der Waals surface area contributed by atoms with Gasteiger partial charge >= 0.3 is 0 Å². The van der Waals surface area contributed by atoms with Gasteiger partial charge < -0.3 is 10.2 Å². The van der Waals surface area contributed by atoms with Gasteiger partial charge in [-0.3, -0.25) is 5.84 Å². The number of rotatable bonds is 4. The summed E-state index contributed by atoms with van der Waals surface area (Å²) >= 11 is 0. The van der Waals surface area contributed by atoms with E-state index >= 15 is 0 Å². The van der Waals surface area contributed by atoms with Gasteiger partial charge in [-0.25, -0.2) is 18.1 Å². The quantitative estimate of drug-likeness (QED) is 0.519. The molecule has 1 saturated heterocycles. The lowest BCUT2D eigenvalue weighted by atomic mass is 10.0. The topological polar surface area (TPSA) is 106 Å². The maximum Gasteiger partial charge on any atom is 0.260 e. The largest absolute Gasteiger partial charge is 0.379 e. The highest BCUT2D eigenvalue weighted by Crippen LogP contribution is 2.23. The second kappa shape index (κ2) is 4.81. The van der Waals surface area contributed by atoms with Gasteiger partial charge in [-0.2, -0.15) is 0 Å². The summed E-state index contributed by atoms with van der Waals surface area (Å²) in [4.78, 5) is 3.86. The summed E-state index contributed by atoms with van der Waals surface area (Å²) in [5, 5.41) is -0.111. The minimum absolute atomic E-state index is 0.111. The number of hydrogen-bond donors (Lipinski definition) is 3. The number of nitrogens with one attached hydrogen (secondary N) is 2. The highest BCUT2D eigenvalue weighted by atomic mass is 32.2. The summed E-state index contributed by atoms with van der Waals surface area (Å²) in [5.74, 6) is 5.28. The van der Waals surface area contributed by atoms with Crippen LogP contribution >= 0.6 is 0 Å². The maximum absolute atomic E-state index is 12.2. The summed E-state index contributed by atoms with van der Waals surface area (Å²) in [6, 6.07) is 3.16. The Morgan fingerprint density at radius 2 is 2.33 bits per heavy atom. The fourth-order valence-corrected chi connectivity index (χ4v) is 3.36. The van der Waals surface area contributed by atoms with Crippen molar-refractivity contribution in [1.82, 2.24) is 9.71 Å². The molecule has 1 aromatic rings. The standard InChI is InChI=1S/C10H16N4O3S/c1-10(4-6-17-7-10)14-18(15,16)9-8(13-11)3-2-5-12-9/h2-3,5,13-14H,4,6-7,11H2,1H3. The Morgan fingerprint density at radius 3 is 2.94 bits per heavy atom. The molecule has 1 aromatic heterocycles. The van der Waals surface area contributed by atoms with Crippen molar-refractivity contribution in [3.8, 4) is 0 Å². The number of nitrogens with zero attached hydrogens (tertiary/aromatic N) is 1. The smallest absolute Gasteiger partial charge is 0.260 e. The first-order valence-electron chi connectivity index (χ1n) is 5.50.